The van der Waals surface area contributed by atoms with Crippen LogP contribution in [0.3, 0.4) is 0 Å². The maximum Gasteiger partial charge on any atom is 0.276 e. The first-order valence-electron chi connectivity index (χ1n) is 8.75. The number of benzene rings is 1. The minimum Gasteiger partial charge on any atom is -0.336 e. The summed E-state index contributed by atoms with van der Waals surface area (Å²) in [5, 5.41) is 11.4. The molecule has 1 N–H and O–H groups in total. The van der Waals surface area contributed by atoms with E-state index in [2.05, 4.69) is 20.6 Å². The predicted molar refractivity (Wildman–Crippen MR) is 95.4 cm³/mol. The van der Waals surface area contributed by atoms with Crippen LogP contribution in [0, 0.1) is 5.82 Å². The molecule has 1 saturated heterocycles. The molecule has 2 aromatic heterocycles. The van der Waals surface area contributed by atoms with E-state index in [1.165, 1.54) is 12.1 Å². The van der Waals surface area contributed by atoms with Gasteiger partial charge in [0.25, 0.3) is 5.91 Å². The van der Waals surface area contributed by atoms with E-state index in [0.717, 1.165) is 11.4 Å². The number of nitrogens with zero attached hydrogens (tertiary/aromatic N) is 6. The summed E-state index contributed by atoms with van der Waals surface area (Å²) in [5.41, 5.74) is 1.03. The van der Waals surface area contributed by atoms with Crippen molar-refractivity contribution in [3.8, 4) is 0 Å². The third-order valence-corrected chi connectivity index (χ3v) is 4.65. The van der Waals surface area contributed by atoms with Crippen molar-refractivity contribution in [1.82, 2.24) is 34.8 Å². The third-order valence-electron chi connectivity index (χ3n) is 4.65. The highest BCUT2D eigenvalue weighted by molar-refractivity contribution is 5.92. The van der Waals surface area contributed by atoms with Crippen molar-refractivity contribution in [2.24, 2.45) is 7.05 Å². The lowest BCUT2D eigenvalue weighted by atomic mass is 10.1. The number of aromatic nitrogens is 5. The van der Waals surface area contributed by atoms with Crippen molar-refractivity contribution in [1.29, 1.82) is 0 Å². The van der Waals surface area contributed by atoms with Gasteiger partial charge in [0, 0.05) is 39.1 Å². The standard InChI is InChI=1S/C18H20FN7O/c1-24-7-6-21-17(24)16-10-20-5-8-26(16)18(27)15-12-25(23-22-15)11-13-3-2-4-14(19)9-13/h2-4,6-7,9,12,16,20H,5,8,10-11H2,1H3. The molecule has 1 aliphatic rings. The lowest BCUT2D eigenvalue weighted by Gasteiger charge is -2.35. The van der Waals surface area contributed by atoms with Crippen molar-refractivity contribution in [3.05, 3.63) is 65.8 Å². The molecule has 0 saturated carbocycles. The van der Waals surface area contributed by atoms with Gasteiger partial charge in [0.05, 0.1) is 12.7 Å². The normalized spacial score (nSPS) is 17.3. The van der Waals surface area contributed by atoms with Crippen LogP contribution >= 0.6 is 0 Å². The van der Waals surface area contributed by atoms with Gasteiger partial charge in [-0.25, -0.2) is 14.1 Å². The van der Waals surface area contributed by atoms with Crippen LogP contribution in [0.5, 0.6) is 0 Å². The molecule has 1 amide bonds. The largest absolute Gasteiger partial charge is 0.336 e. The van der Waals surface area contributed by atoms with Crippen molar-refractivity contribution in [2.75, 3.05) is 19.6 Å². The van der Waals surface area contributed by atoms with Gasteiger partial charge in [-0.2, -0.15) is 0 Å². The van der Waals surface area contributed by atoms with Crippen LogP contribution in [0.25, 0.3) is 0 Å². The molecular formula is C18H20FN7O. The molecular weight excluding hydrogens is 349 g/mol. The topological polar surface area (TPSA) is 80.9 Å². The Balaban J connectivity index is 1.53. The van der Waals surface area contributed by atoms with Gasteiger partial charge in [0.15, 0.2) is 5.69 Å². The number of imidazole rings is 1. The van der Waals surface area contributed by atoms with Crippen LogP contribution in [-0.2, 0) is 13.6 Å². The molecule has 9 heteroatoms. The maximum atomic E-state index is 13.3. The number of piperazine rings is 1. The molecule has 1 atom stereocenters. The Morgan fingerprint density at radius 3 is 3.07 bits per heavy atom. The van der Waals surface area contributed by atoms with E-state index in [1.54, 1.807) is 34.1 Å². The molecule has 0 spiro atoms. The molecule has 3 heterocycles. The maximum absolute atomic E-state index is 13.3. The van der Waals surface area contributed by atoms with Crippen LogP contribution in [0.4, 0.5) is 4.39 Å². The molecule has 3 aromatic rings. The summed E-state index contributed by atoms with van der Waals surface area (Å²) in [5.74, 6) is 0.334. The smallest absolute Gasteiger partial charge is 0.276 e. The van der Waals surface area contributed by atoms with Crippen molar-refractivity contribution in [2.45, 2.75) is 12.6 Å². The van der Waals surface area contributed by atoms with Crippen molar-refractivity contribution in [3.63, 3.8) is 0 Å². The minimum atomic E-state index is -0.303. The van der Waals surface area contributed by atoms with Gasteiger partial charge in [0.2, 0.25) is 0 Å². The molecule has 0 bridgehead atoms. The zero-order valence-corrected chi connectivity index (χ0v) is 14.9. The Morgan fingerprint density at radius 2 is 2.30 bits per heavy atom. The van der Waals surface area contributed by atoms with Gasteiger partial charge < -0.3 is 14.8 Å². The molecule has 1 aliphatic heterocycles. The molecule has 1 fully saturated rings. The molecule has 8 nitrogen and oxygen atoms in total. The summed E-state index contributed by atoms with van der Waals surface area (Å²) in [6, 6.07) is 6.11. The molecule has 1 unspecified atom stereocenters. The second kappa shape index (κ2) is 7.28. The van der Waals surface area contributed by atoms with Gasteiger partial charge >= 0.3 is 0 Å². The minimum absolute atomic E-state index is 0.167. The summed E-state index contributed by atoms with van der Waals surface area (Å²) in [6.07, 6.45) is 5.19. The van der Waals surface area contributed by atoms with Gasteiger partial charge in [0.1, 0.15) is 17.7 Å². The second-order valence-electron chi connectivity index (χ2n) is 6.55. The van der Waals surface area contributed by atoms with E-state index >= 15 is 0 Å². The Kier molecular flexibility index (Phi) is 4.68. The summed E-state index contributed by atoms with van der Waals surface area (Å²) >= 11 is 0. The molecule has 1 aromatic carbocycles. The molecule has 0 radical (unpaired) electrons. The van der Waals surface area contributed by atoms with E-state index in [-0.39, 0.29) is 23.5 Å². The lowest BCUT2D eigenvalue weighted by molar-refractivity contribution is 0.0614. The number of nitrogens with one attached hydrogen (secondary N) is 1. The van der Waals surface area contributed by atoms with E-state index in [4.69, 9.17) is 0 Å². The number of carbonyl (C=O) groups is 1. The number of carbonyl (C=O) groups excluding carboxylic acids is 1. The van der Waals surface area contributed by atoms with E-state index in [1.807, 2.05) is 17.8 Å². The average Bonchev–Trinajstić information content (AvgIpc) is 3.30. The number of aryl methyl sites for hydroxylation is 1. The average molecular weight is 369 g/mol. The Hall–Kier alpha value is -3.07. The number of halogens is 1. The number of hydrogen-bond donors (Lipinski definition) is 1. The summed E-state index contributed by atoms with van der Waals surface area (Å²) in [4.78, 5) is 19.2. The number of rotatable bonds is 4. The zero-order chi connectivity index (χ0) is 18.8. The van der Waals surface area contributed by atoms with Gasteiger partial charge in [-0.3, -0.25) is 4.79 Å². The lowest BCUT2D eigenvalue weighted by Crippen LogP contribution is -2.49. The van der Waals surface area contributed by atoms with Crippen LogP contribution in [0.2, 0.25) is 0 Å². The SMILES string of the molecule is Cn1ccnc1C1CNCCN1C(=O)c1cn(Cc2cccc(F)c2)nn1. The fraction of sp³-hybridized carbons (Fsp3) is 0.333. The van der Waals surface area contributed by atoms with E-state index in [0.29, 0.717) is 26.2 Å². The molecule has 0 aliphatic carbocycles. The fourth-order valence-corrected chi connectivity index (χ4v) is 3.32. The fourth-order valence-electron chi connectivity index (χ4n) is 3.32. The van der Waals surface area contributed by atoms with Crippen molar-refractivity contribution < 1.29 is 9.18 Å². The predicted octanol–water partition coefficient (Wildman–Crippen LogP) is 0.986. The van der Waals surface area contributed by atoms with Crippen LogP contribution in [0.15, 0.2) is 42.9 Å². The van der Waals surface area contributed by atoms with Gasteiger partial charge in [-0.1, -0.05) is 17.3 Å². The summed E-state index contributed by atoms with van der Waals surface area (Å²) in [6.45, 7) is 2.26. The Labute approximate surface area is 155 Å². The van der Waals surface area contributed by atoms with E-state index in [9.17, 15) is 9.18 Å². The number of amides is 1. The first-order chi connectivity index (χ1) is 13.1. The Bertz CT molecular complexity index is 951. The van der Waals surface area contributed by atoms with Gasteiger partial charge in [-0.15, -0.1) is 5.10 Å². The highest BCUT2D eigenvalue weighted by Crippen LogP contribution is 2.22. The van der Waals surface area contributed by atoms with Crippen LogP contribution < -0.4 is 5.32 Å². The first-order valence-corrected chi connectivity index (χ1v) is 8.75. The molecule has 140 valence electrons. The second-order valence-corrected chi connectivity index (χ2v) is 6.55. The number of hydrogen-bond acceptors (Lipinski definition) is 5. The van der Waals surface area contributed by atoms with Gasteiger partial charge in [-0.05, 0) is 17.7 Å². The molecule has 27 heavy (non-hydrogen) atoms. The monoisotopic (exact) mass is 369 g/mol. The first kappa shape index (κ1) is 17.3. The highest BCUT2D eigenvalue weighted by Gasteiger charge is 2.32. The third kappa shape index (κ3) is 3.59. The van der Waals surface area contributed by atoms with Crippen LogP contribution in [-0.4, -0.2) is 55.0 Å². The summed E-state index contributed by atoms with van der Waals surface area (Å²) < 4.78 is 16.8. The zero-order valence-electron chi connectivity index (χ0n) is 14.9. The summed E-state index contributed by atoms with van der Waals surface area (Å²) in [7, 11) is 1.91. The molecule has 4 rings (SSSR count). The highest BCUT2D eigenvalue weighted by atomic mass is 19.1. The van der Waals surface area contributed by atoms with Crippen LogP contribution in [0.1, 0.15) is 27.9 Å². The Morgan fingerprint density at radius 1 is 1.41 bits per heavy atom. The van der Waals surface area contributed by atoms with E-state index < -0.39 is 0 Å². The van der Waals surface area contributed by atoms with Crippen molar-refractivity contribution >= 4 is 5.91 Å². The quantitative estimate of drug-likeness (QED) is 0.742.